The molecule has 0 radical (unpaired) electrons. The number of carbonyl (C=O) groups is 1. The number of nitrogens with two attached hydrogens (primary N) is 1. The Morgan fingerprint density at radius 2 is 2.07 bits per heavy atom. The quantitative estimate of drug-likeness (QED) is 0.737. The van der Waals surface area contributed by atoms with Gasteiger partial charge in [0.15, 0.2) is 0 Å². The molecule has 0 fully saturated rings. The van der Waals surface area contributed by atoms with E-state index < -0.39 is 29.3 Å². The number of halogens is 4. The normalized spacial score (nSPS) is 30.5. The van der Waals surface area contributed by atoms with Gasteiger partial charge in [-0.3, -0.25) is 4.79 Å². The Balaban J connectivity index is 2.94. The number of primary amides is 1. The van der Waals surface area contributed by atoms with Gasteiger partial charge in [-0.15, -0.1) is 11.6 Å². The number of rotatable bonds is 2. The number of allylic oxidation sites excluding steroid dienone is 3. The highest BCUT2D eigenvalue weighted by Crippen LogP contribution is 2.40. The molecule has 0 aromatic rings. The molecule has 6 heteroatoms. The zero-order valence-corrected chi connectivity index (χ0v) is 8.35. The molecular weight excluding hydrogens is 231 g/mol. The monoisotopic (exact) mass is 239 g/mol. The second-order valence-electron chi connectivity index (χ2n) is 3.34. The molecule has 0 aliphatic heterocycles. The lowest BCUT2D eigenvalue weighted by molar-refractivity contribution is -0.142. The van der Waals surface area contributed by atoms with E-state index in [2.05, 4.69) is 0 Å². The zero-order chi connectivity index (χ0) is 11.7. The van der Waals surface area contributed by atoms with Crippen LogP contribution in [0.1, 0.15) is 6.42 Å². The Morgan fingerprint density at radius 1 is 1.47 bits per heavy atom. The van der Waals surface area contributed by atoms with Gasteiger partial charge in [-0.2, -0.15) is 13.2 Å². The molecule has 0 aromatic heterocycles. The summed E-state index contributed by atoms with van der Waals surface area (Å²) in [6, 6.07) is 0. The molecular formula is C9H9ClF3NO. The van der Waals surface area contributed by atoms with E-state index in [9.17, 15) is 18.0 Å². The Kier molecular flexibility index (Phi) is 3.13. The van der Waals surface area contributed by atoms with Crippen LogP contribution in [0.4, 0.5) is 13.2 Å². The standard InChI is InChI=1S/C9H9ClF3NO/c10-8(5-9(11,12)13)4-2-1-3-6(8)7(14)15/h1-4,6H,5H2,(H2,14,15). The molecule has 84 valence electrons. The number of hydrogen-bond acceptors (Lipinski definition) is 1. The average Bonchev–Trinajstić information content (AvgIpc) is 1.99. The summed E-state index contributed by atoms with van der Waals surface area (Å²) in [6.07, 6.45) is -0.468. The van der Waals surface area contributed by atoms with Gasteiger partial charge in [0.2, 0.25) is 5.91 Å². The lowest BCUT2D eigenvalue weighted by Crippen LogP contribution is -2.42. The lowest BCUT2D eigenvalue weighted by Gasteiger charge is -2.31. The second kappa shape index (κ2) is 3.89. The summed E-state index contributed by atoms with van der Waals surface area (Å²) < 4.78 is 36.7. The molecule has 0 bridgehead atoms. The van der Waals surface area contributed by atoms with Crippen molar-refractivity contribution in [3.05, 3.63) is 24.3 Å². The summed E-state index contributed by atoms with van der Waals surface area (Å²) in [7, 11) is 0. The number of hydrogen-bond donors (Lipinski definition) is 1. The van der Waals surface area contributed by atoms with Gasteiger partial charge in [0.05, 0.1) is 17.2 Å². The van der Waals surface area contributed by atoms with Gasteiger partial charge in [0.25, 0.3) is 0 Å². The fourth-order valence-corrected chi connectivity index (χ4v) is 1.87. The van der Waals surface area contributed by atoms with E-state index >= 15 is 0 Å². The maximum absolute atomic E-state index is 12.2. The van der Waals surface area contributed by atoms with Crippen LogP contribution in [0.3, 0.4) is 0 Å². The van der Waals surface area contributed by atoms with Crippen LogP contribution in [-0.4, -0.2) is 17.0 Å². The summed E-state index contributed by atoms with van der Waals surface area (Å²) in [5.41, 5.74) is 4.99. The molecule has 1 aliphatic rings. The maximum Gasteiger partial charge on any atom is 0.391 e. The smallest absolute Gasteiger partial charge is 0.369 e. The first kappa shape index (κ1) is 12.1. The van der Waals surface area contributed by atoms with Gasteiger partial charge >= 0.3 is 6.18 Å². The molecule has 0 spiro atoms. The molecule has 2 N–H and O–H groups in total. The Bertz CT molecular complexity index is 324. The van der Waals surface area contributed by atoms with Crippen molar-refractivity contribution in [2.45, 2.75) is 17.5 Å². The van der Waals surface area contributed by atoms with Crippen molar-refractivity contribution in [2.75, 3.05) is 0 Å². The van der Waals surface area contributed by atoms with Gasteiger partial charge < -0.3 is 5.73 Å². The maximum atomic E-state index is 12.2. The van der Waals surface area contributed by atoms with Crippen LogP contribution in [0.15, 0.2) is 24.3 Å². The third-order valence-electron chi connectivity index (χ3n) is 2.08. The van der Waals surface area contributed by atoms with Crippen molar-refractivity contribution in [1.29, 1.82) is 0 Å². The third-order valence-corrected chi connectivity index (χ3v) is 2.58. The largest absolute Gasteiger partial charge is 0.391 e. The third kappa shape index (κ3) is 2.99. The highest BCUT2D eigenvalue weighted by atomic mass is 35.5. The van der Waals surface area contributed by atoms with Crippen molar-refractivity contribution in [3.63, 3.8) is 0 Å². The number of carbonyl (C=O) groups excluding carboxylic acids is 1. The Hall–Kier alpha value is -0.970. The molecule has 15 heavy (non-hydrogen) atoms. The first-order valence-corrected chi connectivity index (χ1v) is 4.53. The summed E-state index contributed by atoms with van der Waals surface area (Å²) >= 11 is 5.76. The Labute approximate surface area is 89.6 Å². The topological polar surface area (TPSA) is 43.1 Å². The molecule has 1 amide bonds. The predicted molar refractivity (Wildman–Crippen MR) is 50.2 cm³/mol. The first-order valence-electron chi connectivity index (χ1n) is 4.16. The van der Waals surface area contributed by atoms with Gasteiger partial charge in [-0.1, -0.05) is 24.3 Å². The van der Waals surface area contributed by atoms with Crippen molar-refractivity contribution in [2.24, 2.45) is 11.7 Å². The van der Waals surface area contributed by atoms with Crippen LogP contribution in [0.5, 0.6) is 0 Å². The van der Waals surface area contributed by atoms with Crippen molar-refractivity contribution in [3.8, 4) is 0 Å². The van der Waals surface area contributed by atoms with Crippen molar-refractivity contribution in [1.82, 2.24) is 0 Å². The van der Waals surface area contributed by atoms with Gasteiger partial charge in [0.1, 0.15) is 0 Å². The molecule has 0 saturated carbocycles. The Morgan fingerprint density at radius 3 is 2.53 bits per heavy atom. The minimum Gasteiger partial charge on any atom is -0.369 e. The fourth-order valence-electron chi connectivity index (χ4n) is 1.46. The van der Waals surface area contributed by atoms with E-state index in [-0.39, 0.29) is 0 Å². The molecule has 2 unspecified atom stereocenters. The van der Waals surface area contributed by atoms with Gasteiger partial charge in [0, 0.05) is 0 Å². The summed E-state index contributed by atoms with van der Waals surface area (Å²) in [5, 5.41) is 0. The summed E-state index contributed by atoms with van der Waals surface area (Å²) in [5.74, 6) is -2.00. The van der Waals surface area contributed by atoms with Crippen molar-refractivity contribution >= 4 is 17.5 Å². The van der Waals surface area contributed by atoms with E-state index in [1.165, 1.54) is 18.2 Å². The van der Waals surface area contributed by atoms with Crippen LogP contribution >= 0.6 is 11.6 Å². The van der Waals surface area contributed by atoms with Crippen LogP contribution in [0.25, 0.3) is 0 Å². The lowest BCUT2D eigenvalue weighted by atomic mass is 9.84. The molecule has 0 saturated heterocycles. The van der Waals surface area contributed by atoms with E-state index in [1.807, 2.05) is 0 Å². The molecule has 0 heterocycles. The average molecular weight is 240 g/mol. The van der Waals surface area contributed by atoms with Gasteiger partial charge in [-0.05, 0) is 0 Å². The fraction of sp³-hybridized carbons (Fsp3) is 0.444. The van der Waals surface area contributed by atoms with Crippen LogP contribution in [-0.2, 0) is 4.79 Å². The first-order chi connectivity index (χ1) is 6.75. The zero-order valence-electron chi connectivity index (χ0n) is 7.59. The minimum absolute atomic E-state index is 0.866. The molecule has 2 nitrogen and oxygen atoms in total. The van der Waals surface area contributed by atoms with Gasteiger partial charge in [-0.25, -0.2) is 0 Å². The van der Waals surface area contributed by atoms with E-state index in [0.29, 0.717) is 0 Å². The molecule has 2 atom stereocenters. The van der Waals surface area contributed by atoms with Crippen LogP contribution in [0.2, 0.25) is 0 Å². The highest BCUT2D eigenvalue weighted by molar-refractivity contribution is 6.27. The number of alkyl halides is 4. The predicted octanol–water partition coefficient (Wildman–Crippen LogP) is 2.14. The van der Waals surface area contributed by atoms with Crippen LogP contribution < -0.4 is 5.73 Å². The summed E-state index contributed by atoms with van der Waals surface area (Å²) in [4.78, 5) is 9.15. The van der Waals surface area contributed by atoms with E-state index in [0.717, 1.165) is 6.08 Å². The molecule has 1 rings (SSSR count). The second-order valence-corrected chi connectivity index (χ2v) is 4.05. The van der Waals surface area contributed by atoms with E-state index in [1.54, 1.807) is 0 Å². The highest BCUT2D eigenvalue weighted by Gasteiger charge is 2.46. The van der Waals surface area contributed by atoms with Crippen LogP contribution in [0, 0.1) is 5.92 Å². The molecule has 0 aromatic carbocycles. The number of amides is 1. The summed E-state index contributed by atoms with van der Waals surface area (Å²) in [6.45, 7) is 0. The minimum atomic E-state index is -4.44. The van der Waals surface area contributed by atoms with E-state index in [4.69, 9.17) is 17.3 Å². The molecule has 1 aliphatic carbocycles. The SMILES string of the molecule is NC(=O)C1C=CC=CC1(Cl)CC(F)(F)F. The van der Waals surface area contributed by atoms with Crippen molar-refractivity contribution < 1.29 is 18.0 Å².